The lowest BCUT2D eigenvalue weighted by Crippen LogP contribution is -2.06. The highest BCUT2D eigenvalue weighted by Crippen LogP contribution is 2.17. The molecule has 0 atom stereocenters. The Labute approximate surface area is 91.6 Å². The summed E-state index contributed by atoms with van der Waals surface area (Å²) in [6.07, 6.45) is 1.03. The van der Waals surface area contributed by atoms with E-state index in [4.69, 9.17) is 10.5 Å². The lowest BCUT2D eigenvalue weighted by atomic mass is 10.2. The van der Waals surface area contributed by atoms with E-state index in [1.54, 1.807) is 0 Å². The minimum atomic E-state index is 0.793. The maximum atomic E-state index is 5.67. The Balaban J connectivity index is 2.31. The molecular weight excluding hydrogens is 188 g/mol. The summed E-state index contributed by atoms with van der Waals surface area (Å²) in [7, 11) is 0. The molecule has 0 heterocycles. The van der Waals surface area contributed by atoms with E-state index in [1.807, 2.05) is 25.1 Å². The first-order valence-corrected chi connectivity index (χ1v) is 5.41. The van der Waals surface area contributed by atoms with E-state index in [0.29, 0.717) is 0 Å². The summed E-state index contributed by atoms with van der Waals surface area (Å²) in [5.74, 6) is 0. The molecule has 0 aliphatic carbocycles. The van der Waals surface area contributed by atoms with E-state index in [1.165, 1.54) is 5.56 Å². The lowest BCUT2D eigenvalue weighted by Gasteiger charge is -2.09. The van der Waals surface area contributed by atoms with Gasteiger partial charge in [0.1, 0.15) is 0 Å². The van der Waals surface area contributed by atoms with Crippen molar-refractivity contribution in [1.82, 2.24) is 0 Å². The van der Waals surface area contributed by atoms with Crippen LogP contribution >= 0.6 is 0 Å². The third kappa shape index (κ3) is 4.21. The van der Waals surface area contributed by atoms with Gasteiger partial charge >= 0.3 is 0 Å². The van der Waals surface area contributed by atoms with E-state index < -0.39 is 0 Å². The highest BCUT2D eigenvalue weighted by molar-refractivity contribution is 5.57. The Morgan fingerprint density at radius 1 is 1.40 bits per heavy atom. The van der Waals surface area contributed by atoms with E-state index in [9.17, 15) is 0 Å². The van der Waals surface area contributed by atoms with Crippen LogP contribution in [0.15, 0.2) is 18.2 Å². The van der Waals surface area contributed by atoms with Gasteiger partial charge in [0.05, 0.1) is 0 Å². The molecule has 0 aromatic heterocycles. The number of ether oxygens (including phenoxy) is 1. The van der Waals surface area contributed by atoms with Crippen LogP contribution < -0.4 is 11.1 Å². The van der Waals surface area contributed by atoms with Crippen LogP contribution in [0.25, 0.3) is 0 Å². The van der Waals surface area contributed by atoms with Crippen LogP contribution in [0, 0.1) is 6.92 Å². The van der Waals surface area contributed by atoms with Gasteiger partial charge in [0.15, 0.2) is 0 Å². The Bertz CT molecular complexity index is 300. The molecule has 3 nitrogen and oxygen atoms in total. The third-order valence-electron chi connectivity index (χ3n) is 2.24. The van der Waals surface area contributed by atoms with Crippen molar-refractivity contribution < 1.29 is 4.74 Å². The summed E-state index contributed by atoms with van der Waals surface area (Å²) in [5.41, 5.74) is 8.83. The standard InChI is InChI=1S/C12H20N2O/c1-3-15-8-4-7-14-12-6-5-11(13)9-10(12)2/h5-6,9,14H,3-4,7-8,13H2,1-2H3. The summed E-state index contributed by atoms with van der Waals surface area (Å²) < 4.78 is 5.26. The number of anilines is 2. The highest BCUT2D eigenvalue weighted by atomic mass is 16.5. The van der Waals surface area contributed by atoms with E-state index in [2.05, 4.69) is 12.2 Å². The molecule has 1 aromatic carbocycles. The van der Waals surface area contributed by atoms with Gasteiger partial charge in [0.25, 0.3) is 0 Å². The van der Waals surface area contributed by atoms with E-state index in [0.717, 1.165) is 37.6 Å². The number of rotatable bonds is 6. The summed E-state index contributed by atoms with van der Waals surface area (Å²) in [6, 6.07) is 5.91. The van der Waals surface area contributed by atoms with Gasteiger partial charge in [0.2, 0.25) is 0 Å². The molecule has 3 N–H and O–H groups in total. The SMILES string of the molecule is CCOCCCNc1ccc(N)cc1C. The zero-order valence-corrected chi connectivity index (χ0v) is 9.55. The molecule has 0 fully saturated rings. The predicted molar refractivity (Wildman–Crippen MR) is 65.2 cm³/mol. The van der Waals surface area contributed by atoms with Gasteiger partial charge in [-0.05, 0) is 44.0 Å². The fourth-order valence-electron chi connectivity index (χ4n) is 1.43. The number of nitrogens with one attached hydrogen (secondary N) is 1. The van der Waals surface area contributed by atoms with Gasteiger partial charge in [0, 0.05) is 31.1 Å². The number of nitrogen functional groups attached to an aromatic ring is 1. The van der Waals surface area contributed by atoms with Crippen molar-refractivity contribution in [1.29, 1.82) is 0 Å². The van der Waals surface area contributed by atoms with E-state index >= 15 is 0 Å². The molecule has 84 valence electrons. The van der Waals surface area contributed by atoms with Crippen molar-refractivity contribution in [3.8, 4) is 0 Å². The number of hydrogen-bond acceptors (Lipinski definition) is 3. The van der Waals surface area contributed by atoms with Crippen LogP contribution in [-0.2, 0) is 4.74 Å². The number of aryl methyl sites for hydroxylation is 1. The quantitative estimate of drug-likeness (QED) is 0.557. The number of hydrogen-bond donors (Lipinski definition) is 2. The van der Waals surface area contributed by atoms with Crippen molar-refractivity contribution in [2.75, 3.05) is 30.8 Å². The Morgan fingerprint density at radius 3 is 2.87 bits per heavy atom. The lowest BCUT2D eigenvalue weighted by molar-refractivity contribution is 0.147. The average molecular weight is 208 g/mol. The molecule has 15 heavy (non-hydrogen) atoms. The molecule has 3 heteroatoms. The van der Waals surface area contributed by atoms with Crippen molar-refractivity contribution in [2.24, 2.45) is 0 Å². The topological polar surface area (TPSA) is 47.3 Å². The van der Waals surface area contributed by atoms with Crippen LogP contribution in [0.2, 0.25) is 0 Å². The largest absolute Gasteiger partial charge is 0.399 e. The molecule has 0 amide bonds. The molecule has 0 radical (unpaired) electrons. The monoisotopic (exact) mass is 208 g/mol. The molecule has 0 bridgehead atoms. The molecule has 0 spiro atoms. The van der Waals surface area contributed by atoms with Crippen LogP contribution in [0.3, 0.4) is 0 Å². The second-order valence-electron chi connectivity index (χ2n) is 3.55. The van der Waals surface area contributed by atoms with Crippen molar-refractivity contribution in [3.05, 3.63) is 23.8 Å². The average Bonchev–Trinajstić information content (AvgIpc) is 2.20. The molecule has 0 saturated carbocycles. The van der Waals surface area contributed by atoms with Crippen molar-refractivity contribution in [3.63, 3.8) is 0 Å². The van der Waals surface area contributed by atoms with Gasteiger partial charge in [-0.15, -0.1) is 0 Å². The summed E-state index contributed by atoms with van der Waals surface area (Å²) in [5, 5.41) is 3.36. The van der Waals surface area contributed by atoms with Crippen LogP contribution in [0.4, 0.5) is 11.4 Å². The predicted octanol–water partition coefficient (Wildman–Crippen LogP) is 2.42. The fraction of sp³-hybridized carbons (Fsp3) is 0.500. The second-order valence-corrected chi connectivity index (χ2v) is 3.55. The van der Waals surface area contributed by atoms with Crippen LogP contribution in [0.5, 0.6) is 0 Å². The molecular formula is C12H20N2O. The zero-order chi connectivity index (χ0) is 11.1. The fourth-order valence-corrected chi connectivity index (χ4v) is 1.43. The van der Waals surface area contributed by atoms with Crippen molar-refractivity contribution >= 4 is 11.4 Å². The van der Waals surface area contributed by atoms with Crippen LogP contribution in [0.1, 0.15) is 18.9 Å². The maximum absolute atomic E-state index is 5.67. The Kier molecular flexibility index (Phi) is 4.98. The first-order chi connectivity index (χ1) is 7.24. The molecule has 0 aliphatic rings. The normalized spacial score (nSPS) is 10.3. The molecule has 1 aromatic rings. The minimum absolute atomic E-state index is 0.793. The minimum Gasteiger partial charge on any atom is -0.399 e. The zero-order valence-electron chi connectivity index (χ0n) is 9.55. The van der Waals surface area contributed by atoms with Crippen LogP contribution in [-0.4, -0.2) is 19.8 Å². The molecule has 0 saturated heterocycles. The first kappa shape index (κ1) is 11.9. The molecule has 0 unspecified atom stereocenters. The van der Waals surface area contributed by atoms with E-state index in [-0.39, 0.29) is 0 Å². The Hall–Kier alpha value is -1.22. The summed E-state index contributed by atoms with van der Waals surface area (Å²) in [4.78, 5) is 0. The van der Waals surface area contributed by atoms with Gasteiger partial charge in [-0.25, -0.2) is 0 Å². The van der Waals surface area contributed by atoms with Gasteiger partial charge < -0.3 is 15.8 Å². The van der Waals surface area contributed by atoms with Gasteiger partial charge in [-0.3, -0.25) is 0 Å². The maximum Gasteiger partial charge on any atom is 0.0482 e. The number of nitrogens with two attached hydrogens (primary N) is 1. The van der Waals surface area contributed by atoms with Gasteiger partial charge in [-0.2, -0.15) is 0 Å². The third-order valence-corrected chi connectivity index (χ3v) is 2.24. The van der Waals surface area contributed by atoms with Crippen molar-refractivity contribution in [2.45, 2.75) is 20.3 Å². The summed E-state index contributed by atoms with van der Waals surface area (Å²) >= 11 is 0. The number of benzene rings is 1. The smallest absolute Gasteiger partial charge is 0.0482 e. The molecule has 0 aliphatic heterocycles. The van der Waals surface area contributed by atoms with Gasteiger partial charge in [-0.1, -0.05) is 0 Å². The molecule has 1 rings (SSSR count). The first-order valence-electron chi connectivity index (χ1n) is 5.41. The highest BCUT2D eigenvalue weighted by Gasteiger charge is 1.97. The summed E-state index contributed by atoms with van der Waals surface area (Å²) in [6.45, 7) is 6.61. The second kappa shape index (κ2) is 6.30. The Morgan fingerprint density at radius 2 is 2.20 bits per heavy atom.